The first-order valence-electron chi connectivity index (χ1n) is 6.82. The standard InChI is InChI=1S/C14H19NO5S/c1-14(13(16)17,10-11-6-3-2-4-7-11)15-21(18,19)12-8-5-9-20-12/h5-6,8-9,15H,2-4,7,10H2,1H3,(H,16,17). The van der Waals surface area contributed by atoms with Gasteiger partial charge in [-0.15, -0.1) is 0 Å². The summed E-state index contributed by atoms with van der Waals surface area (Å²) in [5.41, 5.74) is -0.609. The Hall–Kier alpha value is -1.60. The molecule has 116 valence electrons. The number of carboxylic acids is 1. The van der Waals surface area contributed by atoms with Crippen molar-refractivity contribution in [1.82, 2.24) is 4.72 Å². The highest BCUT2D eigenvalue weighted by atomic mass is 32.2. The Balaban J connectivity index is 2.22. The molecule has 0 bridgehead atoms. The average Bonchev–Trinajstić information content (AvgIpc) is 2.93. The summed E-state index contributed by atoms with van der Waals surface area (Å²) in [6.07, 6.45) is 7.21. The SMILES string of the molecule is CC(CC1=CCCCC1)(NS(=O)(=O)c1ccco1)C(=O)O. The van der Waals surface area contributed by atoms with Gasteiger partial charge in [-0.3, -0.25) is 4.79 Å². The lowest BCUT2D eigenvalue weighted by atomic mass is 9.88. The van der Waals surface area contributed by atoms with Crippen molar-refractivity contribution in [3.8, 4) is 0 Å². The first kappa shape index (κ1) is 15.8. The van der Waals surface area contributed by atoms with Gasteiger partial charge in [0.05, 0.1) is 6.26 Å². The molecular weight excluding hydrogens is 294 g/mol. The van der Waals surface area contributed by atoms with E-state index in [2.05, 4.69) is 4.72 Å². The van der Waals surface area contributed by atoms with Crippen molar-refractivity contribution in [3.63, 3.8) is 0 Å². The van der Waals surface area contributed by atoms with Gasteiger partial charge in [0.2, 0.25) is 5.09 Å². The topological polar surface area (TPSA) is 96.6 Å². The van der Waals surface area contributed by atoms with Gasteiger partial charge in [0.15, 0.2) is 0 Å². The van der Waals surface area contributed by atoms with E-state index in [-0.39, 0.29) is 11.5 Å². The monoisotopic (exact) mass is 313 g/mol. The van der Waals surface area contributed by atoms with Crippen molar-refractivity contribution < 1.29 is 22.7 Å². The Morgan fingerprint density at radius 2 is 2.24 bits per heavy atom. The van der Waals surface area contributed by atoms with Gasteiger partial charge in [-0.05, 0) is 51.2 Å². The Labute approximate surface area is 123 Å². The fourth-order valence-electron chi connectivity index (χ4n) is 2.44. The normalized spacial score (nSPS) is 18.8. The van der Waals surface area contributed by atoms with Crippen molar-refractivity contribution in [2.45, 2.75) is 49.7 Å². The highest BCUT2D eigenvalue weighted by molar-refractivity contribution is 7.89. The molecular formula is C14H19NO5S. The Morgan fingerprint density at radius 3 is 2.76 bits per heavy atom. The molecule has 0 spiro atoms. The van der Waals surface area contributed by atoms with Crippen LogP contribution in [0.15, 0.2) is 39.6 Å². The predicted octanol–water partition coefficient (Wildman–Crippen LogP) is 2.29. The molecule has 1 unspecified atom stereocenters. The molecule has 1 aliphatic carbocycles. The number of aliphatic carboxylic acids is 1. The van der Waals surface area contributed by atoms with Crippen LogP contribution in [0.1, 0.15) is 39.0 Å². The zero-order valence-corrected chi connectivity index (χ0v) is 12.6. The van der Waals surface area contributed by atoms with Crippen LogP contribution in [0.3, 0.4) is 0 Å². The quantitative estimate of drug-likeness (QED) is 0.785. The number of sulfonamides is 1. The summed E-state index contributed by atoms with van der Waals surface area (Å²) in [6.45, 7) is 1.38. The minimum atomic E-state index is -4.00. The fraction of sp³-hybridized carbons (Fsp3) is 0.500. The molecule has 2 rings (SSSR count). The third-order valence-electron chi connectivity index (χ3n) is 3.56. The number of rotatable bonds is 6. The molecule has 1 heterocycles. The number of allylic oxidation sites excluding steroid dienone is 1. The average molecular weight is 313 g/mol. The fourth-order valence-corrected chi connectivity index (χ4v) is 3.73. The van der Waals surface area contributed by atoms with Crippen LogP contribution in [0.4, 0.5) is 0 Å². The van der Waals surface area contributed by atoms with E-state index in [1.807, 2.05) is 6.08 Å². The van der Waals surface area contributed by atoms with Crippen molar-refractivity contribution >= 4 is 16.0 Å². The van der Waals surface area contributed by atoms with Gasteiger partial charge in [0.1, 0.15) is 5.54 Å². The van der Waals surface area contributed by atoms with Gasteiger partial charge < -0.3 is 9.52 Å². The summed E-state index contributed by atoms with van der Waals surface area (Å²) in [6, 6.07) is 2.72. The summed E-state index contributed by atoms with van der Waals surface area (Å²) in [5, 5.41) is 9.15. The van der Waals surface area contributed by atoms with E-state index in [4.69, 9.17) is 4.42 Å². The lowest BCUT2D eigenvalue weighted by Crippen LogP contribution is -2.52. The van der Waals surface area contributed by atoms with E-state index in [1.54, 1.807) is 0 Å². The summed E-state index contributed by atoms with van der Waals surface area (Å²) < 4.78 is 31.4. The third-order valence-corrected chi connectivity index (χ3v) is 5.04. The molecule has 0 amide bonds. The molecule has 1 atom stereocenters. The Bertz CT molecular complexity index is 632. The van der Waals surface area contributed by atoms with Gasteiger partial charge in [0.25, 0.3) is 10.0 Å². The molecule has 6 nitrogen and oxygen atoms in total. The second kappa shape index (κ2) is 6.03. The first-order chi connectivity index (χ1) is 9.83. The van der Waals surface area contributed by atoms with Crippen LogP contribution in [0, 0.1) is 0 Å². The maximum absolute atomic E-state index is 12.2. The smallest absolute Gasteiger partial charge is 0.324 e. The third kappa shape index (κ3) is 3.74. The highest BCUT2D eigenvalue weighted by Gasteiger charge is 2.39. The summed E-state index contributed by atoms with van der Waals surface area (Å²) in [4.78, 5) is 11.6. The number of nitrogens with one attached hydrogen (secondary N) is 1. The van der Waals surface area contributed by atoms with Crippen LogP contribution in [-0.2, 0) is 14.8 Å². The Kier molecular flexibility index (Phi) is 4.53. The summed E-state index contributed by atoms with van der Waals surface area (Å²) >= 11 is 0. The molecule has 7 heteroatoms. The van der Waals surface area contributed by atoms with Crippen LogP contribution in [0.2, 0.25) is 0 Å². The lowest BCUT2D eigenvalue weighted by Gasteiger charge is -2.27. The molecule has 21 heavy (non-hydrogen) atoms. The second-order valence-electron chi connectivity index (χ2n) is 5.46. The van der Waals surface area contributed by atoms with Crippen LogP contribution < -0.4 is 4.72 Å². The van der Waals surface area contributed by atoms with E-state index in [1.165, 1.54) is 25.3 Å². The molecule has 0 saturated carbocycles. The summed E-state index contributed by atoms with van der Waals surface area (Å²) in [7, 11) is -4.00. The predicted molar refractivity (Wildman–Crippen MR) is 76.2 cm³/mol. The van der Waals surface area contributed by atoms with Crippen LogP contribution in [0.25, 0.3) is 0 Å². The largest absolute Gasteiger partial charge is 0.480 e. The molecule has 1 aliphatic rings. The van der Waals surface area contributed by atoms with Crippen molar-refractivity contribution in [2.24, 2.45) is 0 Å². The Morgan fingerprint density at radius 1 is 1.48 bits per heavy atom. The van der Waals surface area contributed by atoms with Crippen LogP contribution >= 0.6 is 0 Å². The number of hydrogen-bond acceptors (Lipinski definition) is 4. The molecule has 2 N–H and O–H groups in total. The van der Waals surface area contributed by atoms with Crippen molar-refractivity contribution in [1.29, 1.82) is 0 Å². The van der Waals surface area contributed by atoms with Crippen LogP contribution in [0.5, 0.6) is 0 Å². The van der Waals surface area contributed by atoms with E-state index in [9.17, 15) is 18.3 Å². The maximum Gasteiger partial charge on any atom is 0.324 e. The van der Waals surface area contributed by atoms with Crippen molar-refractivity contribution in [3.05, 3.63) is 30.0 Å². The van der Waals surface area contributed by atoms with E-state index < -0.39 is 21.5 Å². The van der Waals surface area contributed by atoms with Crippen molar-refractivity contribution in [2.75, 3.05) is 0 Å². The minimum Gasteiger partial charge on any atom is -0.480 e. The lowest BCUT2D eigenvalue weighted by molar-refractivity contribution is -0.143. The zero-order valence-electron chi connectivity index (χ0n) is 11.8. The molecule has 0 saturated heterocycles. The van der Waals surface area contributed by atoms with Gasteiger partial charge in [-0.25, -0.2) is 8.42 Å². The number of carbonyl (C=O) groups is 1. The van der Waals surface area contributed by atoms with Gasteiger partial charge >= 0.3 is 5.97 Å². The van der Waals surface area contributed by atoms with E-state index >= 15 is 0 Å². The molecule has 1 aromatic rings. The highest BCUT2D eigenvalue weighted by Crippen LogP contribution is 2.27. The minimum absolute atomic E-state index is 0.155. The second-order valence-corrected chi connectivity index (χ2v) is 7.07. The molecule has 1 aromatic heterocycles. The number of carboxylic acid groups (broad SMARTS) is 1. The first-order valence-corrected chi connectivity index (χ1v) is 8.31. The summed E-state index contributed by atoms with van der Waals surface area (Å²) in [5.74, 6) is -1.20. The van der Waals surface area contributed by atoms with Gasteiger partial charge in [-0.2, -0.15) is 4.72 Å². The van der Waals surface area contributed by atoms with E-state index in [0.29, 0.717) is 0 Å². The number of hydrogen-bond donors (Lipinski definition) is 2. The van der Waals surface area contributed by atoms with E-state index in [0.717, 1.165) is 31.3 Å². The van der Waals surface area contributed by atoms with Gasteiger partial charge in [-0.1, -0.05) is 11.6 Å². The molecule has 0 aliphatic heterocycles. The van der Waals surface area contributed by atoms with Crippen LogP contribution in [-0.4, -0.2) is 25.0 Å². The zero-order chi connectivity index (χ0) is 15.5. The maximum atomic E-state index is 12.2. The van der Waals surface area contributed by atoms with Gasteiger partial charge in [0, 0.05) is 0 Å². The number of furan rings is 1. The molecule has 0 radical (unpaired) electrons. The molecule has 0 aromatic carbocycles. The molecule has 0 fully saturated rings.